The number of hydrogen-bond donors (Lipinski definition) is 0. The zero-order chi connectivity index (χ0) is 14.8. The number of halogens is 2. The van der Waals surface area contributed by atoms with E-state index in [1.165, 1.54) is 25.3 Å². The topological polar surface area (TPSA) is 3.24 Å². The predicted octanol–water partition coefficient (Wildman–Crippen LogP) is 5.24. The molecule has 1 fully saturated rings. The van der Waals surface area contributed by atoms with Gasteiger partial charge in [-0.15, -0.1) is 0 Å². The maximum atomic E-state index is 13.6. The molecule has 1 aromatic carbocycles. The van der Waals surface area contributed by atoms with Gasteiger partial charge in [-0.1, -0.05) is 32.9 Å². The maximum Gasteiger partial charge on any atom is 0.137 e. The molecule has 1 aromatic rings. The van der Waals surface area contributed by atoms with Gasteiger partial charge < -0.3 is 0 Å². The predicted molar refractivity (Wildman–Crippen MR) is 86.2 cm³/mol. The lowest BCUT2D eigenvalue weighted by atomic mass is 9.77. The SMILES string of the molecule is CC(C)(C)C1CCCN(Cc2cccc(F)c2Br)CC1. The van der Waals surface area contributed by atoms with E-state index in [9.17, 15) is 4.39 Å². The normalized spacial score (nSPS) is 21.8. The van der Waals surface area contributed by atoms with Crippen molar-refractivity contribution in [2.45, 2.75) is 46.6 Å². The van der Waals surface area contributed by atoms with Crippen molar-refractivity contribution in [2.75, 3.05) is 13.1 Å². The summed E-state index contributed by atoms with van der Waals surface area (Å²) in [5, 5.41) is 0. The van der Waals surface area contributed by atoms with Crippen LogP contribution in [0.4, 0.5) is 4.39 Å². The number of benzene rings is 1. The second-order valence-corrected chi connectivity index (χ2v) is 7.78. The van der Waals surface area contributed by atoms with Crippen LogP contribution in [0.15, 0.2) is 22.7 Å². The summed E-state index contributed by atoms with van der Waals surface area (Å²) >= 11 is 3.37. The first kappa shape index (κ1) is 16.0. The second-order valence-electron chi connectivity index (χ2n) is 6.98. The molecular weight excluding hydrogens is 317 g/mol. The van der Waals surface area contributed by atoms with Crippen LogP contribution in [0.25, 0.3) is 0 Å². The van der Waals surface area contributed by atoms with E-state index in [-0.39, 0.29) is 5.82 Å². The van der Waals surface area contributed by atoms with Crippen LogP contribution in [0.1, 0.15) is 45.6 Å². The highest BCUT2D eigenvalue weighted by molar-refractivity contribution is 9.10. The summed E-state index contributed by atoms with van der Waals surface area (Å²) < 4.78 is 14.2. The molecule has 0 spiro atoms. The number of nitrogens with zero attached hydrogens (tertiary/aromatic N) is 1. The Kier molecular flexibility index (Phi) is 5.25. The largest absolute Gasteiger partial charge is 0.299 e. The minimum absolute atomic E-state index is 0.162. The fraction of sp³-hybridized carbons (Fsp3) is 0.647. The van der Waals surface area contributed by atoms with Gasteiger partial charge in [0.25, 0.3) is 0 Å². The molecule has 1 aliphatic heterocycles. The van der Waals surface area contributed by atoms with Crippen molar-refractivity contribution in [2.24, 2.45) is 11.3 Å². The van der Waals surface area contributed by atoms with Crippen molar-refractivity contribution in [1.82, 2.24) is 4.90 Å². The summed E-state index contributed by atoms with van der Waals surface area (Å²) in [6, 6.07) is 5.32. The quantitative estimate of drug-likeness (QED) is 0.711. The fourth-order valence-electron chi connectivity index (χ4n) is 3.09. The van der Waals surface area contributed by atoms with Gasteiger partial charge in [-0.3, -0.25) is 4.90 Å². The lowest BCUT2D eigenvalue weighted by molar-refractivity contribution is 0.206. The highest BCUT2D eigenvalue weighted by Crippen LogP contribution is 2.34. The number of likely N-dealkylation sites (tertiary alicyclic amines) is 1. The zero-order valence-corrected chi connectivity index (χ0v) is 14.3. The molecule has 112 valence electrons. The fourth-order valence-corrected chi connectivity index (χ4v) is 3.48. The summed E-state index contributed by atoms with van der Waals surface area (Å²) in [5.74, 6) is 0.633. The molecule has 0 bridgehead atoms. The Morgan fingerprint density at radius 1 is 1.25 bits per heavy atom. The monoisotopic (exact) mass is 341 g/mol. The molecule has 1 atom stereocenters. The Bertz CT molecular complexity index is 453. The Hall–Kier alpha value is -0.410. The van der Waals surface area contributed by atoms with E-state index >= 15 is 0 Å². The third-order valence-electron chi connectivity index (χ3n) is 4.47. The lowest BCUT2D eigenvalue weighted by Gasteiger charge is -2.29. The summed E-state index contributed by atoms with van der Waals surface area (Å²) in [5.41, 5.74) is 1.45. The van der Waals surface area contributed by atoms with Crippen LogP contribution < -0.4 is 0 Å². The van der Waals surface area contributed by atoms with Gasteiger partial charge in [-0.2, -0.15) is 0 Å². The van der Waals surface area contributed by atoms with Crippen LogP contribution in [0.3, 0.4) is 0 Å². The van der Waals surface area contributed by atoms with Crippen molar-refractivity contribution in [1.29, 1.82) is 0 Å². The van der Waals surface area contributed by atoms with Gasteiger partial charge in [0.1, 0.15) is 5.82 Å². The van der Waals surface area contributed by atoms with Crippen molar-refractivity contribution in [3.63, 3.8) is 0 Å². The first-order chi connectivity index (χ1) is 9.38. The summed E-state index contributed by atoms with van der Waals surface area (Å²) in [7, 11) is 0. The van der Waals surface area contributed by atoms with Crippen LogP contribution >= 0.6 is 15.9 Å². The van der Waals surface area contributed by atoms with Gasteiger partial charge in [0.2, 0.25) is 0 Å². The highest BCUT2D eigenvalue weighted by atomic mass is 79.9. The van der Waals surface area contributed by atoms with Gasteiger partial charge in [0.15, 0.2) is 0 Å². The molecular formula is C17H25BrFN. The van der Waals surface area contributed by atoms with Crippen LogP contribution in [-0.2, 0) is 6.54 Å². The van der Waals surface area contributed by atoms with Crippen LogP contribution in [-0.4, -0.2) is 18.0 Å². The van der Waals surface area contributed by atoms with Crippen LogP contribution in [0, 0.1) is 17.2 Å². The van der Waals surface area contributed by atoms with Crippen molar-refractivity contribution >= 4 is 15.9 Å². The smallest absolute Gasteiger partial charge is 0.137 e. The van der Waals surface area contributed by atoms with E-state index in [1.54, 1.807) is 6.07 Å². The standard InChI is InChI=1S/C17H25BrFN/c1-17(2,3)14-7-5-10-20(11-9-14)12-13-6-4-8-15(19)16(13)18/h4,6,8,14H,5,7,9-12H2,1-3H3. The molecule has 1 unspecified atom stereocenters. The van der Waals surface area contributed by atoms with Gasteiger partial charge >= 0.3 is 0 Å². The lowest BCUT2D eigenvalue weighted by Crippen LogP contribution is -2.26. The molecule has 1 aliphatic rings. The number of hydrogen-bond acceptors (Lipinski definition) is 1. The van der Waals surface area contributed by atoms with E-state index < -0.39 is 0 Å². The second kappa shape index (κ2) is 6.57. The molecule has 1 nitrogen and oxygen atoms in total. The molecule has 0 N–H and O–H groups in total. The van der Waals surface area contributed by atoms with Crippen molar-refractivity contribution in [3.05, 3.63) is 34.1 Å². The van der Waals surface area contributed by atoms with E-state index in [4.69, 9.17) is 0 Å². The highest BCUT2D eigenvalue weighted by Gasteiger charge is 2.27. The Labute approximate surface area is 130 Å². The van der Waals surface area contributed by atoms with Crippen molar-refractivity contribution < 1.29 is 4.39 Å². The Morgan fingerprint density at radius 2 is 2.00 bits per heavy atom. The first-order valence-corrected chi connectivity index (χ1v) is 8.32. The molecule has 1 heterocycles. The molecule has 1 saturated heterocycles. The molecule has 0 amide bonds. The summed E-state index contributed by atoms with van der Waals surface area (Å²) in [6.45, 7) is 10.1. The molecule has 0 aliphatic carbocycles. The van der Waals surface area contributed by atoms with E-state index in [0.717, 1.165) is 31.1 Å². The average Bonchev–Trinajstić information content (AvgIpc) is 2.60. The van der Waals surface area contributed by atoms with E-state index in [2.05, 4.69) is 41.6 Å². The molecule has 0 radical (unpaired) electrons. The average molecular weight is 342 g/mol. The molecule has 0 saturated carbocycles. The van der Waals surface area contributed by atoms with E-state index in [0.29, 0.717) is 9.89 Å². The minimum atomic E-state index is -0.162. The summed E-state index contributed by atoms with van der Waals surface area (Å²) in [6.07, 6.45) is 3.80. The Morgan fingerprint density at radius 3 is 2.70 bits per heavy atom. The molecule has 20 heavy (non-hydrogen) atoms. The van der Waals surface area contributed by atoms with Crippen LogP contribution in [0.2, 0.25) is 0 Å². The van der Waals surface area contributed by atoms with Crippen LogP contribution in [0.5, 0.6) is 0 Å². The minimum Gasteiger partial charge on any atom is -0.299 e. The van der Waals surface area contributed by atoms with Crippen molar-refractivity contribution in [3.8, 4) is 0 Å². The zero-order valence-electron chi connectivity index (χ0n) is 12.8. The van der Waals surface area contributed by atoms with Gasteiger partial charge in [-0.05, 0) is 71.2 Å². The van der Waals surface area contributed by atoms with Gasteiger partial charge in [0, 0.05) is 6.54 Å². The molecule has 0 aromatic heterocycles. The van der Waals surface area contributed by atoms with Gasteiger partial charge in [0.05, 0.1) is 4.47 Å². The summed E-state index contributed by atoms with van der Waals surface area (Å²) in [4.78, 5) is 2.46. The maximum absolute atomic E-state index is 13.6. The molecule has 2 rings (SSSR count). The Balaban J connectivity index is 1.99. The third-order valence-corrected chi connectivity index (χ3v) is 5.36. The molecule has 3 heteroatoms. The van der Waals surface area contributed by atoms with E-state index in [1.807, 2.05) is 6.07 Å². The number of rotatable bonds is 2. The third kappa shape index (κ3) is 4.05. The van der Waals surface area contributed by atoms with Gasteiger partial charge in [-0.25, -0.2) is 4.39 Å². The first-order valence-electron chi connectivity index (χ1n) is 7.53.